The quantitative estimate of drug-likeness (QED) is 0.738. The van der Waals surface area contributed by atoms with Gasteiger partial charge >= 0.3 is 5.69 Å². The molecule has 8 heteroatoms. The molecule has 124 valence electrons. The van der Waals surface area contributed by atoms with Crippen molar-refractivity contribution in [2.24, 2.45) is 7.05 Å². The van der Waals surface area contributed by atoms with Crippen LogP contribution in [0.1, 0.15) is 11.1 Å². The minimum absolute atomic E-state index is 0.0782. The Kier molecular flexibility index (Phi) is 3.80. The molecule has 2 N–H and O–H groups in total. The van der Waals surface area contributed by atoms with Gasteiger partial charge in [0.05, 0.1) is 6.33 Å². The number of hydrogen-bond donors (Lipinski definition) is 2. The van der Waals surface area contributed by atoms with Crippen LogP contribution in [0.4, 0.5) is 5.69 Å². The summed E-state index contributed by atoms with van der Waals surface area (Å²) < 4.78 is 2.66. The maximum absolute atomic E-state index is 12.3. The molecule has 2 heterocycles. The number of aromatic amines is 1. The highest BCUT2D eigenvalue weighted by molar-refractivity contribution is 5.92. The molecule has 0 bridgehead atoms. The smallest absolute Gasteiger partial charge is 0.324 e. The van der Waals surface area contributed by atoms with Crippen molar-refractivity contribution < 1.29 is 4.79 Å². The van der Waals surface area contributed by atoms with Gasteiger partial charge in [0.1, 0.15) is 6.54 Å². The molecular formula is C16H17N5O3. The van der Waals surface area contributed by atoms with Crippen molar-refractivity contribution in [3.05, 3.63) is 56.5 Å². The Balaban J connectivity index is 1.92. The zero-order valence-corrected chi connectivity index (χ0v) is 13.6. The summed E-state index contributed by atoms with van der Waals surface area (Å²) in [6, 6.07) is 5.78. The molecule has 0 atom stereocenters. The summed E-state index contributed by atoms with van der Waals surface area (Å²) in [5.74, 6) is -0.281. The second-order valence-electron chi connectivity index (χ2n) is 5.73. The number of aryl methyl sites for hydroxylation is 3. The maximum Gasteiger partial charge on any atom is 0.329 e. The van der Waals surface area contributed by atoms with E-state index in [4.69, 9.17) is 0 Å². The van der Waals surface area contributed by atoms with E-state index in [1.54, 1.807) is 0 Å². The Morgan fingerprint density at radius 3 is 2.79 bits per heavy atom. The maximum atomic E-state index is 12.3. The lowest BCUT2D eigenvalue weighted by atomic mass is 10.1. The molecule has 24 heavy (non-hydrogen) atoms. The van der Waals surface area contributed by atoms with Crippen LogP contribution in [0.3, 0.4) is 0 Å². The van der Waals surface area contributed by atoms with E-state index in [9.17, 15) is 14.4 Å². The molecule has 0 aliphatic heterocycles. The average molecular weight is 327 g/mol. The molecule has 0 unspecified atom stereocenters. The van der Waals surface area contributed by atoms with E-state index < -0.39 is 11.2 Å². The summed E-state index contributed by atoms with van der Waals surface area (Å²) in [7, 11) is 1.51. The van der Waals surface area contributed by atoms with Crippen molar-refractivity contribution in [1.29, 1.82) is 0 Å². The first-order valence-corrected chi connectivity index (χ1v) is 7.38. The summed E-state index contributed by atoms with van der Waals surface area (Å²) >= 11 is 0. The predicted octanol–water partition coefficient (Wildman–Crippen LogP) is 0.679. The Bertz CT molecular complexity index is 1060. The molecular weight excluding hydrogens is 310 g/mol. The molecule has 2 aromatic heterocycles. The van der Waals surface area contributed by atoms with Crippen LogP contribution in [0.25, 0.3) is 11.2 Å². The van der Waals surface area contributed by atoms with Crippen molar-refractivity contribution >= 4 is 22.8 Å². The van der Waals surface area contributed by atoms with E-state index in [1.807, 2.05) is 32.0 Å². The molecule has 0 aliphatic rings. The first kappa shape index (κ1) is 15.7. The van der Waals surface area contributed by atoms with Gasteiger partial charge in [0, 0.05) is 12.7 Å². The number of nitrogens with zero attached hydrogens (tertiary/aromatic N) is 3. The van der Waals surface area contributed by atoms with Crippen molar-refractivity contribution in [2.75, 3.05) is 5.32 Å². The molecule has 8 nitrogen and oxygen atoms in total. The molecule has 0 spiro atoms. The van der Waals surface area contributed by atoms with Crippen LogP contribution < -0.4 is 16.6 Å². The number of anilines is 1. The van der Waals surface area contributed by atoms with Crippen LogP contribution in [0, 0.1) is 13.8 Å². The molecule has 1 aromatic carbocycles. The lowest BCUT2D eigenvalue weighted by molar-refractivity contribution is -0.116. The van der Waals surface area contributed by atoms with E-state index in [0.717, 1.165) is 16.8 Å². The predicted molar refractivity (Wildman–Crippen MR) is 90.1 cm³/mol. The molecule has 3 aromatic rings. The van der Waals surface area contributed by atoms with Gasteiger partial charge in [-0.15, -0.1) is 0 Å². The summed E-state index contributed by atoms with van der Waals surface area (Å²) in [6.07, 6.45) is 1.38. The van der Waals surface area contributed by atoms with Gasteiger partial charge < -0.3 is 9.88 Å². The number of fused-ring (bicyclic) bond motifs is 1. The molecule has 0 fully saturated rings. The standard InChI is InChI=1S/C16H17N5O3/c1-9-4-5-10(2)11(6-9)18-12(22)7-21-8-17-14-13(21)15(23)19-16(24)20(14)3/h4-6,8H,7H2,1-3H3,(H,18,22)(H,19,23,24). The minimum Gasteiger partial charge on any atom is -0.324 e. The lowest BCUT2D eigenvalue weighted by Crippen LogP contribution is -2.30. The van der Waals surface area contributed by atoms with Crippen molar-refractivity contribution in [1.82, 2.24) is 19.1 Å². The Morgan fingerprint density at radius 2 is 2.04 bits per heavy atom. The van der Waals surface area contributed by atoms with Crippen LogP contribution in [0.15, 0.2) is 34.1 Å². The summed E-state index contributed by atoms with van der Waals surface area (Å²) in [6.45, 7) is 3.77. The summed E-state index contributed by atoms with van der Waals surface area (Å²) in [5, 5.41) is 2.83. The van der Waals surface area contributed by atoms with Gasteiger partial charge in [-0.2, -0.15) is 0 Å². The van der Waals surface area contributed by atoms with Crippen LogP contribution >= 0.6 is 0 Å². The fourth-order valence-electron chi connectivity index (χ4n) is 2.52. The normalized spacial score (nSPS) is 11.0. The Hall–Kier alpha value is -3.16. The topological polar surface area (TPSA) is 102 Å². The summed E-state index contributed by atoms with van der Waals surface area (Å²) in [5.41, 5.74) is 2.03. The van der Waals surface area contributed by atoms with Gasteiger partial charge in [0.25, 0.3) is 5.56 Å². The van der Waals surface area contributed by atoms with Crippen LogP contribution in [0.2, 0.25) is 0 Å². The zero-order valence-electron chi connectivity index (χ0n) is 13.6. The van der Waals surface area contributed by atoms with Crippen molar-refractivity contribution in [2.45, 2.75) is 20.4 Å². The molecule has 0 aliphatic carbocycles. The van der Waals surface area contributed by atoms with Gasteiger partial charge in [-0.05, 0) is 31.0 Å². The number of hydrogen-bond acceptors (Lipinski definition) is 4. The van der Waals surface area contributed by atoms with Crippen molar-refractivity contribution in [3.8, 4) is 0 Å². The monoisotopic (exact) mass is 327 g/mol. The van der Waals surface area contributed by atoms with E-state index >= 15 is 0 Å². The molecule has 1 amide bonds. The van der Waals surface area contributed by atoms with Gasteiger partial charge in [0.2, 0.25) is 5.91 Å². The SMILES string of the molecule is Cc1ccc(C)c(NC(=O)Cn2cnc3c2c(=O)[nH]c(=O)n3C)c1. The molecule has 0 saturated heterocycles. The number of nitrogens with one attached hydrogen (secondary N) is 2. The fraction of sp³-hybridized carbons (Fsp3) is 0.250. The Labute approximate surface area is 136 Å². The molecule has 0 radical (unpaired) electrons. The van der Waals surface area contributed by atoms with Gasteiger partial charge in [-0.25, -0.2) is 9.78 Å². The fourth-order valence-corrected chi connectivity index (χ4v) is 2.52. The first-order chi connectivity index (χ1) is 11.4. The number of H-pyrrole nitrogens is 1. The van der Waals surface area contributed by atoms with Crippen LogP contribution in [-0.2, 0) is 18.4 Å². The van der Waals surface area contributed by atoms with Crippen LogP contribution in [0.5, 0.6) is 0 Å². The number of carbonyl (C=O) groups is 1. The molecule has 3 rings (SSSR count). The Morgan fingerprint density at radius 1 is 1.29 bits per heavy atom. The second-order valence-corrected chi connectivity index (χ2v) is 5.73. The first-order valence-electron chi connectivity index (χ1n) is 7.38. The van der Waals surface area contributed by atoms with Crippen molar-refractivity contribution in [3.63, 3.8) is 0 Å². The number of carbonyl (C=O) groups excluding carboxylic acids is 1. The zero-order chi connectivity index (χ0) is 17.4. The van der Waals surface area contributed by atoms with E-state index in [1.165, 1.54) is 22.5 Å². The summed E-state index contributed by atoms with van der Waals surface area (Å²) in [4.78, 5) is 42.2. The third-order valence-electron chi connectivity index (χ3n) is 3.86. The minimum atomic E-state index is -0.565. The second kappa shape index (κ2) is 5.80. The number of aromatic nitrogens is 4. The third kappa shape index (κ3) is 2.73. The highest BCUT2D eigenvalue weighted by atomic mass is 16.2. The van der Waals surface area contributed by atoms with Gasteiger partial charge in [0.15, 0.2) is 11.2 Å². The number of rotatable bonds is 3. The highest BCUT2D eigenvalue weighted by Crippen LogP contribution is 2.16. The number of amides is 1. The lowest BCUT2D eigenvalue weighted by Gasteiger charge is -2.10. The van der Waals surface area contributed by atoms with Gasteiger partial charge in [-0.3, -0.25) is 19.1 Å². The van der Waals surface area contributed by atoms with E-state index in [2.05, 4.69) is 15.3 Å². The van der Waals surface area contributed by atoms with Gasteiger partial charge in [-0.1, -0.05) is 12.1 Å². The van der Waals surface area contributed by atoms with E-state index in [0.29, 0.717) is 0 Å². The average Bonchev–Trinajstić information content (AvgIpc) is 2.93. The number of benzene rings is 1. The third-order valence-corrected chi connectivity index (χ3v) is 3.86. The highest BCUT2D eigenvalue weighted by Gasteiger charge is 2.14. The van der Waals surface area contributed by atoms with Crippen LogP contribution in [-0.4, -0.2) is 25.0 Å². The number of imidazole rings is 1. The van der Waals surface area contributed by atoms with E-state index in [-0.39, 0.29) is 23.6 Å². The molecule has 0 saturated carbocycles. The largest absolute Gasteiger partial charge is 0.329 e.